The van der Waals surface area contributed by atoms with E-state index in [1.54, 1.807) is 0 Å². The maximum Gasteiger partial charge on any atom is 0.273 e. The summed E-state index contributed by atoms with van der Waals surface area (Å²) in [7, 11) is 1.44. The Morgan fingerprint density at radius 2 is 1.84 bits per heavy atom. The van der Waals surface area contributed by atoms with Crippen LogP contribution in [0.5, 0.6) is 11.5 Å². The number of non-ortho nitro benzene ring substituents is 1. The molecule has 0 saturated heterocycles. The molecule has 0 aromatic heterocycles. The third-order valence-electron chi connectivity index (χ3n) is 4.39. The monoisotopic (exact) mass is 341 g/mol. The molecule has 6 nitrogen and oxygen atoms in total. The Kier molecular flexibility index (Phi) is 4.97. The fourth-order valence-electron chi connectivity index (χ4n) is 3.03. The Morgan fingerprint density at radius 1 is 1.08 bits per heavy atom. The van der Waals surface area contributed by atoms with E-state index in [2.05, 4.69) is 0 Å². The lowest BCUT2D eigenvalue weighted by Gasteiger charge is -2.16. The maximum atomic E-state index is 12.4. The molecular weight excluding hydrogens is 322 g/mol. The SMILES string of the molecule is COc1ccc([N+](=O)[O-])cc1OCC(=O)c1ccc2c(c1)CCCC2. The van der Waals surface area contributed by atoms with Gasteiger partial charge in [-0.3, -0.25) is 14.9 Å². The summed E-state index contributed by atoms with van der Waals surface area (Å²) in [5, 5.41) is 10.9. The number of fused-ring (bicyclic) bond motifs is 1. The highest BCUT2D eigenvalue weighted by Gasteiger charge is 2.16. The van der Waals surface area contributed by atoms with Crippen molar-refractivity contribution in [3.05, 3.63) is 63.2 Å². The van der Waals surface area contributed by atoms with Crippen LogP contribution >= 0.6 is 0 Å². The zero-order valence-corrected chi connectivity index (χ0v) is 14.0. The predicted octanol–water partition coefficient (Wildman–Crippen LogP) is 3.74. The highest BCUT2D eigenvalue weighted by molar-refractivity contribution is 5.97. The van der Waals surface area contributed by atoms with Gasteiger partial charge in [-0.2, -0.15) is 0 Å². The molecule has 0 unspecified atom stereocenters. The zero-order valence-electron chi connectivity index (χ0n) is 14.0. The van der Waals surface area contributed by atoms with Gasteiger partial charge in [0.05, 0.1) is 18.1 Å². The van der Waals surface area contributed by atoms with Crippen LogP contribution in [0.15, 0.2) is 36.4 Å². The molecule has 0 saturated carbocycles. The lowest BCUT2D eigenvalue weighted by atomic mass is 9.90. The van der Waals surface area contributed by atoms with Crippen molar-refractivity contribution in [3.63, 3.8) is 0 Å². The molecule has 0 heterocycles. The summed E-state index contributed by atoms with van der Waals surface area (Å²) in [6.45, 7) is -0.198. The first kappa shape index (κ1) is 17.0. The molecule has 0 spiro atoms. The van der Waals surface area contributed by atoms with Gasteiger partial charge in [0.25, 0.3) is 5.69 Å². The van der Waals surface area contributed by atoms with Crippen LogP contribution in [0.4, 0.5) is 5.69 Å². The third kappa shape index (κ3) is 3.79. The number of rotatable bonds is 6. The van der Waals surface area contributed by atoms with Crippen LogP contribution in [0.2, 0.25) is 0 Å². The Balaban J connectivity index is 1.74. The average Bonchev–Trinajstić information content (AvgIpc) is 2.65. The number of Topliss-reactive ketones (excluding diaryl/α,β-unsaturated/α-hetero) is 1. The van der Waals surface area contributed by atoms with E-state index in [0.29, 0.717) is 11.3 Å². The summed E-state index contributed by atoms with van der Waals surface area (Å²) in [5.41, 5.74) is 3.02. The van der Waals surface area contributed by atoms with Gasteiger partial charge in [-0.1, -0.05) is 12.1 Å². The van der Waals surface area contributed by atoms with E-state index in [-0.39, 0.29) is 23.8 Å². The highest BCUT2D eigenvalue weighted by Crippen LogP contribution is 2.31. The number of ether oxygens (including phenoxy) is 2. The second kappa shape index (κ2) is 7.34. The predicted molar refractivity (Wildman–Crippen MR) is 92.6 cm³/mol. The molecule has 0 N–H and O–H groups in total. The molecule has 1 aliphatic carbocycles. The van der Waals surface area contributed by atoms with Gasteiger partial charge in [-0.15, -0.1) is 0 Å². The average molecular weight is 341 g/mol. The number of aryl methyl sites for hydroxylation is 2. The first-order chi connectivity index (χ1) is 12.1. The minimum Gasteiger partial charge on any atom is -0.493 e. The van der Waals surface area contributed by atoms with E-state index in [1.165, 1.54) is 42.9 Å². The number of carbonyl (C=O) groups is 1. The van der Waals surface area contributed by atoms with E-state index in [0.717, 1.165) is 19.3 Å². The van der Waals surface area contributed by atoms with Gasteiger partial charge in [-0.25, -0.2) is 0 Å². The number of benzene rings is 2. The normalized spacial score (nSPS) is 13.0. The van der Waals surface area contributed by atoms with E-state index in [9.17, 15) is 14.9 Å². The minimum atomic E-state index is -0.516. The number of hydrogen-bond acceptors (Lipinski definition) is 5. The van der Waals surface area contributed by atoms with Crippen LogP contribution in [0.3, 0.4) is 0 Å². The summed E-state index contributed by atoms with van der Waals surface area (Å²) < 4.78 is 10.6. The van der Waals surface area contributed by atoms with Crippen molar-refractivity contribution in [3.8, 4) is 11.5 Å². The number of ketones is 1. The van der Waals surface area contributed by atoms with Crippen LogP contribution in [-0.2, 0) is 12.8 Å². The first-order valence-electron chi connectivity index (χ1n) is 8.18. The molecule has 0 bridgehead atoms. The number of carbonyl (C=O) groups excluding carboxylic acids is 1. The van der Waals surface area contributed by atoms with Gasteiger partial charge in [0, 0.05) is 11.6 Å². The number of nitro benzene ring substituents is 1. The zero-order chi connectivity index (χ0) is 17.8. The van der Waals surface area contributed by atoms with Gasteiger partial charge < -0.3 is 9.47 Å². The van der Waals surface area contributed by atoms with Crippen molar-refractivity contribution in [1.82, 2.24) is 0 Å². The van der Waals surface area contributed by atoms with Crippen LogP contribution in [-0.4, -0.2) is 24.4 Å². The Morgan fingerprint density at radius 3 is 2.56 bits per heavy atom. The van der Waals surface area contributed by atoms with Crippen molar-refractivity contribution < 1.29 is 19.2 Å². The largest absolute Gasteiger partial charge is 0.493 e. The molecule has 0 aliphatic heterocycles. The molecular formula is C19H19NO5. The van der Waals surface area contributed by atoms with Gasteiger partial charge in [0.1, 0.15) is 0 Å². The molecule has 130 valence electrons. The Bertz CT molecular complexity index is 815. The first-order valence-corrected chi connectivity index (χ1v) is 8.18. The van der Waals surface area contributed by atoms with Gasteiger partial charge >= 0.3 is 0 Å². The van der Waals surface area contributed by atoms with E-state index in [1.807, 2.05) is 18.2 Å². The smallest absolute Gasteiger partial charge is 0.273 e. The van der Waals surface area contributed by atoms with Crippen molar-refractivity contribution in [2.24, 2.45) is 0 Å². The van der Waals surface area contributed by atoms with Crippen LogP contribution in [0.25, 0.3) is 0 Å². The lowest BCUT2D eigenvalue weighted by molar-refractivity contribution is -0.385. The van der Waals surface area contributed by atoms with E-state index in [4.69, 9.17) is 9.47 Å². The van der Waals surface area contributed by atoms with Crippen molar-refractivity contribution in [2.75, 3.05) is 13.7 Å². The second-order valence-electron chi connectivity index (χ2n) is 5.99. The molecule has 3 rings (SSSR count). The molecule has 1 aliphatic rings. The topological polar surface area (TPSA) is 78.7 Å². The number of nitro groups is 1. The number of hydrogen-bond donors (Lipinski definition) is 0. The summed E-state index contributed by atoms with van der Waals surface area (Å²) in [6.07, 6.45) is 4.39. The van der Waals surface area contributed by atoms with Gasteiger partial charge in [0.2, 0.25) is 0 Å². The Labute approximate surface area is 145 Å². The third-order valence-corrected chi connectivity index (χ3v) is 4.39. The maximum absolute atomic E-state index is 12.4. The molecule has 0 fully saturated rings. The van der Waals surface area contributed by atoms with Crippen molar-refractivity contribution in [2.45, 2.75) is 25.7 Å². The minimum absolute atomic E-state index is 0.114. The highest BCUT2D eigenvalue weighted by atomic mass is 16.6. The Hall–Kier alpha value is -2.89. The standard InChI is InChI=1S/C19H19NO5/c1-24-18-9-8-16(20(22)23)11-19(18)25-12-17(21)15-7-6-13-4-2-3-5-14(13)10-15/h6-11H,2-5,12H2,1H3. The summed E-state index contributed by atoms with van der Waals surface area (Å²) >= 11 is 0. The summed E-state index contributed by atoms with van der Waals surface area (Å²) in [6, 6.07) is 9.81. The second-order valence-corrected chi connectivity index (χ2v) is 5.99. The molecule has 0 atom stereocenters. The fraction of sp³-hybridized carbons (Fsp3) is 0.316. The van der Waals surface area contributed by atoms with Gasteiger partial charge in [0.15, 0.2) is 23.9 Å². The molecule has 2 aromatic rings. The molecule has 0 amide bonds. The van der Waals surface area contributed by atoms with Gasteiger partial charge in [-0.05, 0) is 48.9 Å². The molecule has 2 aromatic carbocycles. The van der Waals surface area contributed by atoms with Crippen LogP contribution < -0.4 is 9.47 Å². The number of methoxy groups -OCH3 is 1. The van der Waals surface area contributed by atoms with Crippen molar-refractivity contribution >= 4 is 11.5 Å². The van der Waals surface area contributed by atoms with E-state index >= 15 is 0 Å². The summed E-state index contributed by atoms with van der Waals surface area (Å²) in [4.78, 5) is 22.8. The number of nitrogens with zero attached hydrogens (tertiary/aromatic N) is 1. The quantitative estimate of drug-likeness (QED) is 0.454. The molecule has 25 heavy (non-hydrogen) atoms. The lowest BCUT2D eigenvalue weighted by Crippen LogP contribution is -2.13. The summed E-state index contributed by atoms with van der Waals surface area (Å²) in [5.74, 6) is 0.369. The fourth-order valence-corrected chi connectivity index (χ4v) is 3.03. The van der Waals surface area contributed by atoms with Crippen molar-refractivity contribution in [1.29, 1.82) is 0 Å². The molecule has 6 heteroatoms. The van der Waals surface area contributed by atoms with Crippen LogP contribution in [0, 0.1) is 10.1 Å². The molecule has 0 radical (unpaired) electrons. The van der Waals surface area contributed by atoms with E-state index < -0.39 is 4.92 Å². The van der Waals surface area contributed by atoms with Crippen LogP contribution in [0.1, 0.15) is 34.3 Å².